The topological polar surface area (TPSA) is 49.4 Å². The highest BCUT2D eigenvalue weighted by Crippen LogP contribution is 2.21. The lowest BCUT2D eigenvalue weighted by Crippen LogP contribution is -2.33. The molecule has 0 radical (unpaired) electrons. The van der Waals surface area contributed by atoms with E-state index in [0.29, 0.717) is 10.9 Å². The molecule has 106 valence electrons. The van der Waals surface area contributed by atoms with Gasteiger partial charge in [-0.1, -0.05) is 12.1 Å². The molecule has 0 amide bonds. The minimum Gasteiger partial charge on any atom is -0.310 e. The molecule has 0 saturated heterocycles. The fraction of sp³-hybridized carbons (Fsp3) is 0.571. The first kappa shape index (κ1) is 14.5. The standard InChI is InChI=1S/C14H22N2O2S/c1-11(2)16(3)19(17,18)14-6-4-5-12(9-14)10-15-13-7-8-13/h4-6,9,11,13,15H,7-8,10H2,1-3H3. The van der Waals surface area contributed by atoms with Gasteiger partial charge in [0, 0.05) is 25.7 Å². The molecule has 19 heavy (non-hydrogen) atoms. The van der Waals surface area contributed by atoms with E-state index in [2.05, 4.69) is 5.32 Å². The molecule has 5 heteroatoms. The van der Waals surface area contributed by atoms with Gasteiger partial charge in [-0.05, 0) is 44.4 Å². The van der Waals surface area contributed by atoms with E-state index in [1.165, 1.54) is 17.1 Å². The summed E-state index contributed by atoms with van der Waals surface area (Å²) in [6, 6.07) is 7.78. The first-order valence-electron chi connectivity index (χ1n) is 6.71. The lowest BCUT2D eigenvalue weighted by atomic mass is 10.2. The van der Waals surface area contributed by atoms with Crippen molar-refractivity contribution in [3.05, 3.63) is 29.8 Å². The third-order valence-electron chi connectivity index (χ3n) is 3.47. The van der Waals surface area contributed by atoms with Gasteiger partial charge in [-0.2, -0.15) is 4.31 Å². The highest BCUT2D eigenvalue weighted by Gasteiger charge is 2.24. The van der Waals surface area contributed by atoms with Gasteiger partial charge in [0.15, 0.2) is 0 Å². The average Bonchev–Trinajstić information content (AvgIpc) is 3.19. The van der Waals surface area contributed by atoms with Gasteiger partial charge in [-0.15, -0.1) is 0 Å². The van der Waals surface area contributed by atoms with Gasteiger partial charge in [0.2, 0.25) is 10.0 Å². The highest BCUT2D eigenvalue weighted by molar-refractivity contribution is 7.89. The Morgan fingerprint density at radius 2 is 2.05 bits per heavy atom. The maximum Gasteiger partial charge on any atom is 0.243 e. The molecule has 1 aromatic carbocycles. The van der Waals surface area contributed by atoms with E-state index in [9.17, 15) is 8.42 Å². The zero-order valence-corrected chi connectivity index (χ0v) is 12.6. The first-order chi connectivity index (χ1) is 8.91. The lowest BCUT2D eigenvalue weighted by molar-refractivity contribution is 0.410. The Balaban J connectivity index is 2.16. The summed E-state index contributed by atoms with van der Waals surface area (Å²) in [5.74, 6) is 0. The van der Waals surface area contributed by atoms with Crippen molar-refractivity contribution in [2.75, 3.05) is 7.05 Å². The maximum absolute atomic E-state index is 12.4. The Morgan fingerprint density at radius 1 is 1.37 bits per heavy atom. The second-order valence-corrected chi connectivity index (χ2v) is 7.42. The van der Waals surface area contributed by atoms with Crippen molar-refractivity contribution >= 4 is 10.0 Å². The molecule has 4 nitrogen and oxygen atoms in total. The van der Waals surface area contributed by atoms with Crippen molar-refractivity contribution in [2.45, 2.75) is 50.2 Å². The summed E-state index contributed by atoms with van der Waals surface area (Å²) >= 11 is 0. The smallest absolute Gasteiger partial charge is 0.243 e. The van der Waals surface area contributed by atoms with Crippen LogP contribution in [0.5, 0.6) is 0 Å². The Kier molecular flexibility index (Phi) is 4.28. The van der Waals surface area contributed by atoms with Gasteiger partial charge in [-0.25, -0.2) is 8.42 Å². The van der Waals surface area contributed by atoms with Gasteiger partial charge in [0.25, 0.3) is 0 Å². The highest BCUT2D eigenvalue weighted by atomic mass is 32.2. The van der Waals surface area contributed by atoms with E-state index in [1.54, 1.807) is 19.2 Å². The van der Waals surface area contributed by atoms with Crippen LogP contribution in [0.15, 0.2) is 29.2 Å². The zero-order chi connectivity index (χ0) is 14.0. The molecule has 1 aliphatic rings. The van der Waals surface area contributed by atoms with Crippen LogP contribution in [0.1, 0.15) is 32.3 Å². The summed E-state index contributed by atoms with van der Waals surface area (Å²) in [5, 5.41) is 3.40. The van der Waals surface area contributed by atoms with Crippen LogP contribution >= 0.6 is 0 Å². The summed E-state index contributed by atoms with van der Waals surface area (Å²) in [5.41, 5.74) is 1.02. The number of hydrogen-bond donors (Lipinski definition) is 1. The molecule has 1 saturated carbocycles. The van der Waals surface area contributed by atoms with Crippen LogP contribution in [0, 0.1) is 0 Å². The molecule has 0 bridgehead atoms. The van der Waals surface area contributed by atoms with E-state index in [4.69, 9.17) is 0 Å². The largest absolute Gasteiger partial charge is 0.310 e. The van der Waals surface area contributed by atoms with Gasteiger partial charge in [-0.3, -0.25) is 0 Å². The van der Waals surface area contributed by atoms with Crippen molar-refractivity contribution < 1.29 is 8.42 Å². The van der Waals surface area contributed by atoms with E-state index < -0.39 is 10.0 Å². The second kappa shape index (κ2) is 5.61. The van der Waals surface area contributed by atoms with Crippen molar-refractivity contribution in [3.63, 3.8) is 0 Å². The monoisotopic (exact) mass is 282 g/mol. The normalized spacial score (nSPS) is 16.3. The van der Waals surface area contributed by atoms with Crippen molar-refractivity contribution in [1.29, 1.82) is 0 Å². The quantitative estimate of drug-likeness (QED) is 0.868. The van der Waals surface area contributed by atoms with Gasteiger partial charge in [0.05, 0.1) is 4.90 Å². The summed E-state index contributed by atoms with van der Waals surface area (Å²) in [6.07, 6.45) is 2.46. The number of sulfonamides is 1. The third kappa shape index (κ3) is 3.55. The molecular formula is C14H22N2O2S. The fourth-order valence-electron chi connectivity index (χ4n) is 1.81. The van der Waals surface area contributed by atoms with Gasteiger partial charge >= 0.3 is 0 Å². The Morgan fingerprint density at radius 3 is 2.63 bits per heavy atom. The van der Waals surface area contributed by atoms with Gasteiger partial charge in [0.1, 0.15) is 0 Å². The molecule has 0 aromatic heterocycles. The predicted molar refractivity (Wildman–Crippen MR) is 76.4 cm³/mol. The average molecular weight is 282 g/mol. The van der Waals surface area contributed by atoms with E-state index in [-0.39, 0.29) is 6.04 Å². The number of nitrogens with zero attached hydrogens (tertiary/aromatic N) is 1. The van der Waals surface area contributed by atoms with Crippen LogP contribution in [0.3, 0.4) is 0 Å². The van der Waals surface area contributed by atoms with Crippen LogP contribution < -0.4 is 5.32 Å². The summed E-state index contributed by atoms with van der Waals surface area (Å²) in [4.78, 5) is 0.374. The molecule has 0 spiro atoms. The maximum atomic E-state index is 12.4. The molecule has 0 atom stereocenters. The van der Waals surface area contributed by atoms with Crippen molar-refractivity contribution in [3.8, 4) is 0 Å². The molecule has 1 N–H and O–H groups in total. The second-order valence-electron chi connectivity index (χ2n) is 5.42. The predicted octanol–water partition coefficient (Wildman–Crippen LogP) is 1.97. The lowest BCUT2D eigenvalue weighted by Gasteiger charge is -2.21. The third-order valence-corrected chi connectivity index (χ3v) is 5.50. The summed E-state index contributed by atoms with van der Waals surface area (Å²) in [6.45, 7) is 4.48. The fourth-order valence-corrected chi connectivity index (χ4v) is 3.25. The van der Waals surface area contributed by atoms with Crippen LogP contribution in [0.2, 0.25) is 0 Å². The van der Waals surface area contributed by atoms with Crippen LogP contribution in [0.25, 0.3) is 0 Å². The number of hydrogen-bond acceptors (Lipinski definition) is 3. The summed E-state index contributed by atoms with van der Waals surface area (Å²) in [7, 11) is -1.76. The first-order valence-corrected chi connectivity index (χ1v) is 8.15. The number of benzene rings is 1. The van der Waals surface area contributed by atoms with E-state index in [1.807, 2.05) is 26.0 Å². The number of nitrogens with one attached hydrogen (secondary N) is 1. The Hall–Kier alpha value is -0.910. The Labute approximate surface area is 115 Å². The molecule has 1 fully saturated rings. The molecule has 0 unspecified atom stereocenters. The van der Waals surface area contributed by atoms with Crippen molar-refractivity contribution in [1.82, 2.24) is 9.62 Å². The number of rotatable bonds is 6. The molecule has 2 rings (SSSR count). The van der Waals surface area contributed by atoms with Crippen LogP contribution in [0.4, 0.5) is 0 Å². The Bertz CT molecular complexity index is 536. The minimum atomic E-state index is -3.38. The van der Waals surface area contributed by atoms with Gasteiger partial charge < -0.3 is 5.32 Å². The molecule has 0 aliphatic heterocycles. The zero-order valence-electron chi connectivity index (χ0n) is 11.8. The minimum absolute atomic E-state index is 0.0433. The van der Waals surface area contributed by atoms with Crippen LogP contribution in [-0.2, 0) is 16.6 Å². The van der Waals surface area contributed by atoms with E-state index in [0.717, 1.165) is 12.1 Å². The summed E-state index contributed by atoms with van der Waals surface area (Å²) < 4.78 is 26.2. The molecule has 0 heterocycles. The molecule has 1 aromatic rings. The SMILES string of the molecule is CC(C)N(C)S(=O)(=O)c1cccc(CNC2CC2)c1. The molecular weight excluding hydrogens is 260 g/mol. The van der Waals surface area contributed by atoms with Crippen LogP contribution in [-0.4, -0.2) is 31.9 Å². The van der Waals surface area contributed by atoms with E-state index >= 15 is 0 Å². The molecule has 1 aliphatic carbocycles. The van der Waals surface area contributed by atoms with Crippen molar-refractivity contribution in [2.24, 2.45) is 0 Å².